The molecule has 70 valence electrons. The second kappa shape index (κ2) is 5.78. The Kier molecular flexibility index (Phi) is 5.88. The van der Waals surface area contributed by atoms with Crippen LogP contribution in [0, 0.1) is 0 Å². The number of halogens is 2. The predicted octanol–water partition coefficient (Wildman–Crippen LogP) is 2.21. The molecule has 1 atom stereocenters. The van der Waals surface area contributed by atoms with Gasteiger partial charge in [-0.2, -0.15) is 0 Å². The highest BCUT2D eigenvalue weighted by Crippen LogP contribution is 2.26. The maximum Gasteiger partial charge on any atom is 0.0931 e. The van der Waals surface area contributed by atoms with Crippen molar-refractivity contribution in [2.24, 2.45) is 5.73 Å². The van der Waals surface area contributed by atoms with E-state index in [4.69, 9.17) is 22.4 Å². The van der Waals surface area contributed by atoms with Crippen molar-refractivity contribution in [1.82, 2.24) is 0 Å². The molecule has 0 radical (unpaired) electrons. The maximum absolute atomic E-state index is 8.60. The molecule has 0 aliphatic rings. The molecule has 0 unspecified atom stereocenters. The SMILES string of the molecule is Cl.N[C@@H](CCO)c1ccc(Cl)s1. The summed E-state index contributed by atoms with van der Waals surface area (Å²) in [5.74, 6) is 0. The molecule has 0 aliphatic heterocycles. The van der Waals surface area contributed by atoms with Crippen molar-refractivity contribution in [2.45, 2.75) is 12.5 Å². The molecule has 1 aromatic rings. The minimum absolute atomic E-state index is 0. The van der Waals surface area contributed by atoms with E-state index in [1.54, 1.807) is 0 Å². The molecular weight excluding hydrogens is 217 g/mol. The third-order valence-electron chi connectivity index (χ3n) is 1.40. The molecule has 1 heterocycles. The van der Waals surface area contributed by atoms with Crippen LogP contribution in [0.2, 0.25) is 4.34 Å². The van der Waals surface area contributed by atoms with Gasteiger partial charge in [0, 0.05) is 17.5 Å². The van der Waals surface area contributed by atoms with E-state index in [0.717, 1.165) is 9.21 Å². The second-order valence-corrected chi connectivity index (χ2v) is 4.01. The fraction of sp³-hybridized carbons (Fsp3) is 0.429. The van der Waals surface area contributed by atoms with Crippen molar-refractivity contribution in [1.29, 1.82) is 0 Å². The summed E-state index contributed by atoms with van der Waals surface area (Å²) in [7, 11) is 0. The molecule has 0 saturated carbocycles. The lowest BCUT2D eigenvalue weighted by Crippen LogP contribution is -2.09. The van der Waals surface area contributed by atoms with E-state index in [1.807, 2.05) is 12.1 Å². The third-order valence-corrected chi connectivity index (χ3v) is 2.76. The molecule has 0 amide bonds. The van der Waals surface area contributed by atoms with E-state index >= 15 is 0 Å². The smallest absolute Gasteiger partial charge is 0.0931 e. The van der Waals surface area contributed by atoms with Crippen LogP contribution in [-0.4, -0.2) is 11.7 Å². The lowest BCUT2D eigenvalue weighted by Gasteiger charge is -2.05. The van der Waals surface area contributed by atoms with Gasteiger partial charge in [0.1, 0.15) is 0 Å². The molecular formula is C7H11Cl2NOS. The average Bonchev–Trinajstić information content (AvgIpc) is 2.36. The molecule has 2 nitrogen and oxygen atoms in total. The molecule has 0 aromatic carbocycles. The van der Waals surface area contributed by atoms with Gasteiger partial charge in [0.25, 0.3) is 0 Å². The summed E-state index contributed by atoms with van der Waals surface area (Å²) in [4.78, 5) is 1.03. The molecule has 12 heavy (non-hydrogen) atoms. The van der Waals surface area contributed by atoms with Gasteiger partial charge in [-0.1, -0.05) is 11.6 Å². The van der Waals surface area contributed by atoms with Crippen LogP contribution in [0.4, 0.5) is 0 Å². The molecule has 0 aliphatic carbocycles. The van der Waals surface area contributed by atoms with Gasteiger partial charge < -0.3 is 10.8 Å². The Balaban J connectivity index is 0.00000121. The van der Waals surface area contributed by atoms with Crippen LogP contribution in [-0.2, 0) is 0 Å². The Morgan fingerprint density at radius 1 is 1.58 bits per heavy atom. The zero-order valence-electron chi connectivity index (χ0n) is 6.37. The van der Waals surface area contributed by atoms with Crippen LogP contribution in [0.25, 0.3) is 0 Å². The van der Waals surface area contributed by atoms with Crippen molar-refractivity contribution >= 4 is 35.3 Å². The van der Waals surface area contributed by atoms with E-state index in [0.29, 0.717) is 6.42 Å². The van der Waals surface area contributed by atoms with E-state index in [1.165, 1.54) is 11.3 Å². The number of aliphatic hydroxyl groups excluding tert-OH is 1. The van der Waals surface area contributed by atoms with Crippen LogP contribution in [0.15, 0.2) is 12.1 Å². The quantitative estimate of drug-likeness (QED) is 0.833. The number of hydrogen-bond acceptors (Lipinski definition) is 3. The Hall–Kier alpha value is 0.200. The summed E-state index contributed by atoms with van der Waals surface area (Å²) in [6.07, 6.45) is 0.594. The van der Waals surface area contributed by atoms with Gasteiger partial charge in [-0.15, -0.1) is 23.7 Å². The highest BCUT2D eigenvalue weighted by Gasteiger charge is 2.06. The predicted molar refractivity (Wildman–Crippen MR) is 55.2 cm³/mol. The molecule has 0 fully saturated rings. The van der Waals surface area contributed by atoms with E-state index in [9.17, 15) is 0 Å². The first kappa shape index (κ1) is 12.2. The lowest BCUT2D eigenvalue weighted by atomic mass is 10.2. The summed E-state index contributed by atoms with van der Waals surface area (Å²) in [6, 6.07) is 3.64. The highest BCUT2D eigenvalue weighted by molar-refractivity contribution is 7.16. The van der Waals surface area contributed by atoms with Crippen molar-refractivity contribution < 1.29 is 5.11 Å². The van der Waals surface area contributed by atoms with Crippen molar-refractivity contribution in [3.8, 4) is 0 Å². The van der Waals surface area contributed by atoms with Gasteiger partial charge in [-0.05, 0) is 18.6 Å². The van der Waals surface area contributed by atoms with E-state index < -0.39 is 0 Å². The van der Waals surface area contributed by atoms with Gasteiger partial charge >= 0.3 is 0 Å². The standard InChI is InChI=1S/C7H10ClNOS.ClH/c8-7-2-1-6(11-7)5(9)3-4-10;/h1-2,5,10H,3-4,9H2;1H/t5-;/m0./s1. The molecule has 0 spiro atoms. The molecule has 3 N–H and O–H groups in total. The number of rotatable bonds is 3. The topological polar surface area (TPSA) is 46.2 Å². The van der Waals surface area contributed by atoms with Gasteiger partial charge in [-0.3, -0.25) is 0 Å². The zero-order valence-corrected chi connectivity index (χ0v) is 8.75. The van der Waals surface area contributed by atoms with Crippen LogP contribution in [0.5, 0.6) is 0 Å². The average molecular weight is 228 g/mol. The highest BCUT2D eigenvalue weighted by atomic mass is 35.5. The molecule has 0 saturated heterocycles. The number of aliphatic hydroxyl groups is 1. The van der Waals surface area contributed by atoms with Crippen LogP contribution < -0.4 is 5.73 Å². The molecule has 1 aromatic heterocycles. The summed E-state index contributed by atoms with van der Waals surface area (Å²) in [6.45, 7) is 0.122. The Morgan fingerprint density at radius 3 is 2.67 bits per heavy atom. The lowest BCUT2D eigenvalue weighted by molar-refractivity contribution is 0.277. The Labute approximate surface area is 86.8 Å². The monoisotopic (exact) mass is 227 g/mol. The molecule has 1 rings (SSSR count). The first-order valence-corrected chi connectivity index (χ1v) is 4.55. The van der Waals surface area contributed by atoms with Gasteiger partial charge in [0.05, 0.1) is 4.34 Å². The molecule has 0 bridgehead atoms. The maximum atomic E-state index is 8.60. The van der Waals surface area contributed by atoms with Crippen molar-refractivity contribution in [3.63, 3.8) is 0 Å². The largest absolute Gasteiger partial charge is 0.396 e. The fourth-order valence-corrected chi connectivity index (χ4v) is 1.91. The van der Waals surface area contributed by atoms with Gasteiger partial charge in [0.15, 0.2) is 0 Å². The summed E-state index contributed by atoms with van der Waals surface area (Å²) in [5.41, 5.74) is 5.71. The van der Waals surface area contributed by atoms with Gasteiger partial charge in [0.2, 0.25) is 0 Å². The normalized spacial score (nSPS) is 12.2. The third kappa shape index (κ3) is 3.29. The van der Waals surface area contributed by atoms with Crippen molar-refractivity contribution in [2.75, 3.05) is 6.61 Å². The summed E-state index contributed by atoms with van der Waals surface area (Å²) < 4.78 is 0.744. The van der Waals surface area contributed by atoms with E-state index in [-0.39, 0.29) is 25.1 Å². The first-order chi connectivity index (χ1) is 5.24. The summed E-state index contributed by atoms with van der Waals surface area (Å²) >= 11 is 7.17. The van der Waals surface area contributed by atoms with Crippen LogP contribution in [0.3, 0.4) is 0 Å². The Morgan fingerprint density at radius 2 is 2.25 bits per heavy atom. The molecule has 5 heteroatoms. The zero-order chi connectivity index (χ0) is 8.27. The van der Waals surface area contributed by atoms with Crippen molar-refractivity contribution in [3.05, 3.63) is 21.3 Å². The van der Waals surface area contributed by atoms with E-state index in [2.05, 4.69) is 0 Å². The fourth-order valence-electron chi connectivity index (χ4n) is 0.809. The number of hydrogen-bond donors (Lipinski definition) is 2. The van der Waals surface area contributed by atoms with Crippen LogP contribution >= 0.6 is 35.3 Å². The Bertz CT molecular complexity index is 229. The van der Waals surface area contributed by atoms with Gasteiger partial charge in [-0.25, -0.2) is 0 Å². The first-order valence-electron chi connectivity index (χ1n) is 3.35. The minimum Gasteiger partial charge on any atom is -0.396 e. The number of thiophene rings is 1. The number of nitrogens with two attached hydrogens (primary N) is 1. The summed E-state index contributed by atoms with van der Waals surface area (Å²) in [5, 5.41) is 8.60. The minimum atomic E-state index is -0.0718. The second-order valence-electron chi connectivity index (χ2n) is 2.26. The van der Waals surface area contributed by atoms with Crippen LogP contribution in [0.1, 0.15) is 17.3 Å².